The fraction of sp³-hybridized carbons (Fsp3) is 0.480. The van der Waals surface area contributed by atoms with E-state index in [1.165, 1.54) is 0 Å². The van der Waals surface area contributed by atoms with Crippen molar-refractivity contribution in [3.8, 4) is 11.5 Å². The van der Waals surface area contributed by atoms with Crippen LogP contribution < -0.4 is 11.1 Å². The topological polar surface area (TPSA) is 138 Å². The van der Waals surface area contributed by atoms with Gasteiger partial charge in [0.15, 0.2) is 0 Å². The molecule has 35 heavy (non-hydrogen) atoms. The van der Waals surface area contributed by atoms with E-state index in [-0.39, 0.29) is 48.0 Å². The van der Waals surface area contributed by atoms with Gasteiger partial charge in [0.2, 0.25) is 0 Å². The molecule has 0 bridgehead atoms. The van der Waals surface area contributed by atoms with Gasteiger partial charge in [-0.1, -0.05) is 24.3 Å². The maximum absolute atomic E-state index is 11.8. The van der Waals surface area contributed by atoms with Gasteiger partial charge in [0.1, 0.15) is 23.2 Å². The zero-order valence-electron chi connectivity index (χ0n) is 20.2. The van der Waals surface area contributed by atoms with Gasteiger partial charge in [0.25, 0.3) is 0 Å². The molecule has 1 saturated heterocycles. The van der Waals surface area contributed by atoms with Gasteiger partial charge in [0, 0.05) is 11.9 Å². The van der Waals surface area contributed by atoms with Gasteiger partial charge >= 0.3 is 6.09 Å². The van der Waals surface area contributed by atoms with Crippen molar-refractivity contribution in [2.75, 3.05) is 12.5 Å². The summed E-state index contributed by atoms with van der Waals surface area (Å²) in [5, 5.41) is 30.5. The Balaban J connectivity index is 0.000000362. The molecule has 3 rings (SSSR count). The number of carbonyl (C=O) groups excluding carboxylic acids is 1. The maximum Gasteiger partial charge on any atom is 0.407 e. The molecule has 2 unspecified atom stereocenters. The molecular weight excluding hydrogens is 495 g/mol. The predicted octanol–water partition coefficient (Wildman–Crippen LogP) is 3.51. The maximum atomic E-state index is 11.8. The van der Waals surface area contributed by atoms with Crippen LogP contribution in [0.4, 0.5) is 4.79 Å². The SMILES string of the molecule is CC(C)(C)OC(=O)NC(Cc1ccc(O)cc1)[C@H]1CO1.Cl.NC(Cc1ccc(O)cc1)[C@H](O)CCl. The summed E-state index contributed by atoms with van der Waals surface area (Å²) >= 11 is 5.47. The summed E-state index contributed by atoms with van der Waals surface area (Å²) in [6.45, 7) is 6.14. The van der Waals surface area contributed by atoms with Crippen molar-refractivity contribution < 1.29 is 29.6 Å². The van der Waals surface area contributed by atoms with E-state index in [0.29, 0.717) is 19.4 Å². The third-order valence-corrected chi connectivity index (χ3v) is 5.28. The van der Waals surface area contributed by atoms with Crippen LogP contribution in [0.3, 0.4) is 0 Å². The molecule has 8 nitrogen and oxygen atoms in total. The molecule has 4 atom stereocenters. The fourth-order valence-electron chi connectivity index (χ4n) is 3.06. The number of nitrogens with one attached hydrogen (secondary N) is 1. The summed E-state index contributed by atoms with van der Waals surface area (Å²) in [5.41, 5.74) is 7.18. The van der Waals surface area contributed by atoms with E-state index < -0.39 is 17.8 Å². The number of rotatable bonds is 8. The molecule has 0 radical (unpaired) electrons. The van der Waals surface area contributed by atoms with E-state index in [9.17, 15) is 15.0 Å². The molecule has 6 N–H and O–H groups in total. The van der Waals surface area contributed by atoms with Crippen molar-refractivity contribution in [3.05, 3.63) is 59.7 Å². The van der Waals surface area contributed by atoms with Crippen molar-refractivity contribution >= 4 is 30.1 Å². The molecule has 0 aromatic heterocycles. The predicted molar refractivity (Wildman–Crippen MR) is 138 cm³/mol. The molecule has 10 heteroatoms. The van der Waals surface area contributed by atoms with E-state index >= 15 is 0 Å². The third-order valence-electron chi connectivity index (χ3n) is 4.96. The number of nitrogens with two attached hydrogens (primary N) is 1. The Morgan fingerprint density at radius 2 is 1.54 bits per heavy atom. The van der Waals surface area contributed by atoms with E-state index in [0.717, 1.165) is 11.1 Å². The molecule has 0 saturated carbocycles. The minimum absolute atomic E-state index is 0. The molecule has 1 aliphatic heterocycles. The summed E-state index contributed by atoms with van der Waals surface area (Å²) in [7, 11) is 0. The monoisotopic (exact) mass is 530 g/mol. The molecule has 2 aromatic carbocycles. The molecule has 1 fully saturated rings. The van der Waals surface area contributed by atoms with Gasteiger partial charge in [-0.15, -0.1) is 24.0 Å². The van der Waals surface area contributed by atoms with Crippen LogP contribution in [0.5, 0.6) is 11.5 Å². The number of hydrogen-bond acceptors (Lipinski definition) is 7. The van der Waals surface area contributed by atoms with Crippen molar-refractivity contribution in [3.63, 3.8) is 0 Å². The second-order valence-corrected chi connectivity index (χ2v) is 9.56. The summed E-state index contributed by atoms with van der Waals surface area (Å²) in [6.07, 6.45) is 0.108. The van der Waals surface area contributed by atoms with Crippen LogP contribution >= 0.6 is 24.0 Å². The average Bonchev–Trinajstić information content (AvgIpc) is 3.60. The van der Waals surface area contributed by atoms with E-state index in [1.54, 1.807) is 36.4 Å². The first-order chi connectivity index (χ1) is 16.0. The van der Waals surface area contributed by atoms with Gasteiger partial charge in [0.05, 0.1) is 18.8 Å². The second kappa shape index (κ2) is 14.4. The van der Waals surface area contributed by atoms with Crippen LogP contribution in [0.15, 0.2) is 48.5 Å². The van der Waals surface area contributed by atoms with Crippen molar-refractivity contribution in [2.24, 2.45) is 5.73 Å². The highest BCUT2D eigenvalue weighted by Gasteiger charge is 2.34. The molecule has 1 heterocycles. The molecule has 0 spiro atoms. The number of aliphatic hydroxyl groups is 1. The van der Waals surface area contributed by atoms with Crippen LogP contribution in [-0.4, -0.2) is 63.8 Å². The number of amides is 1. The molecular formula is C25H36Cl2N2O6. The lowest BCUT2D eigenvalue weighted by Crippen LogP contribution is -2.43. The number of carbonyl (C=O) groups is 1. The van der Waals surface area contributed by atoms with Crippen LogP contribution in [-0.2, 0) is 22.3 Å². The Labute approximate surface area is 217 Å². The number of benzene rings is 2. The smallest absolute Gasteiger partial charge is 0.407 e. The number of epoxide rings is 1. The summed E-state index contributed by atoms with van der Waals surface area (Å²) < 4.78 is 10.5. The molecule has 196 valence electrons. The first kappa shape index (κ1) is 30.8. The normalized spacial score (nSPS) is 17.0. The van der Waals surface area contributed by atoms with Gasteiger partial charge in [-0.25, -0.2) is 4.79 Å². The highest BCUT2D eigenvalue weighted by molar-refractivity contribution is 6.18. The zero-order valence-corrected chi connectivity index (χ0v) is 21.8. The minimum atomic E-state index is -0.689. The highest BCUT2D eigenvalue weighted by atomic mass is 35.5. The van der Waals surface area contributed by atoms with E-state index in [4.69, 9.17) is 31.9 Å². The first-order valence-corrected chi connectivity index (χ1v) is 11.7. The summed E-state index contributed by atoms with van der Waals surface area (Å²) in [6, 6.07) is 13.2. The number of aromatic hydroxyl groups is 2. The lowest BCUT2D eigenvalue weighted by atomic mass is 10.0. The average molecular weight is 531 g/mol. The van der Waals surface area contributed by atoms with Gasteiger partial charge in [-0.2, -0.15) is 0 Å². The highest BCUT2D eigenvalue weighted by Crippen LogP contribution is 2.20. The van der Waals surface area contributed by atoms with Crippen LogP contribution in [0, 0.1) is 0 Å². The van der Waals surface area contributed by atoms with Crippen molar-refractivity contribution in [1.82, 2.24) is 5.32 Å². The second-order valence-electron chi connectivity index (χ2n) is 9.25. The lowest BCUT2D eigenvalue weighted by molar-refractivity contribution is 0.0495. The Morgan fingerprint density at radius 1 is 1.09 bits per heavy atom. The van der Waals surface area contributed by atoms with Gasteiger partial charge in [-0.05, 0) is 69.0 Å². The number of hydrogen-bond donors (Lipinski definition) is 5. The van der Waals surface area contributed by atoms with Gasteiger partial charge in [-0.3, -0.25) is 0 Å². The zero-order chi connectivity index (χ0) is 25.3. The third kappa shape index (κ3) is 12.3. The number of alkyl carbamates (subject to hydrolysis) is 1. The van der Waals surface area contributed by atoms with Crippen LogP contribution in [0.1, 0.15) is 31.9 Å². The minimum Gasteiger partial charge on any atom is -0.508 e. The molecule has 0 aliphatic carbocycles. The van der Waals surface area contributed by atoms with Crippen LogP contribution in [0.25, 0.3) is 0 Å². The number of alkyl halides is 1. The number of aliphatic hydroxyl groups excluding tert-OH is 1. The Hall–Kier alpha value is -2.23. The quantitative estimate of drug-likeness (QED) is 0.260. The fourth-order valence-corrected chi connectivity index (χ4v) is 3.29. The van der Waals surface area contributed by atoms with E-state index in [1.807, 2.05) is 32.9 Å². The number of phenols is 2. The lowest BCUT2D eigenvalue weighted by Gasteiger charge is -2.23. The Morgan fingerprint density at radius 3 is 1.94 bits per heavy atom. The van der Waals surface area contributed by atoms with E-state index in [2.05, 4.69) is 5.32 Å². The van der Waals surface area contributed by atoms with Crippen molar-refractivity contribution in [1.29, 1.82) is 0 Å². The largest absolute Gasteiger partial charge is 0.508 e. The Bertz CT molecular complexity index is 886. The molecule has 1 amide bonds. The first-order valence-electron chi connectivity index (χ1n) is 11.1. The molecule has 2 aromatic rings. The summed E-state index contributed by atoms with van der Waals surface area (Å²) in [4.78, 5) is 11.8. The molecule has 1 aliphatic rings. The number of phenolic OH excluding ortho intramolecular Hbond substituents is 2. The van der Waals surface area contributed by atoms with Crippen molar-refractivity contribution in [2.45, 2.75) is 63.5 Å². The number of ether oxygens (including phenoxy) is 2. The standard InChI is InChI=1S/C15H21NO4.C10H14ClNO2.ClH/c1-15(2,3)20-14(18)16-12(13-9-19-13)8-10-4-6-11(17)7-5-10;11-6-10(14)9(12)5-7-1-3-8(13)4-2-7;/h4-7,12-13,17H,8-9H2,1-3H3,(H,16,18);1-4,9-10,13-14H,5-6,12H2;1H/t12?,13-;9?,10-;/m11./s1. The van der Waals surface area contributed by atoms with Crippen LogP contribution in [0.2, 0.25) is 0 Å². The van der Waals surface area contributed by atoms with Gasteiger partial charge < -0.3 is 35.8 Å². The summed E-state index contributed by atoms with van der Waals surface area (Å²) in [5.74, 6) is 0.590. The number of halogens is 2. The Kier molecular flexibility index (Phi) is 12.6.